The summed E-state index contributed by atoms with van der Waals surface area (Å²) in [6.45, 7) is 6.22. The molecule has 0 aliphatic carbocycles. The summed E-state index contributed by atoms with van der Waals surface area (Å²) >= 11 is 0. The van der Waals surface area contributed by atoms with Crippen molar-refractivity contribution >= 4 is 11.9 Å². The molecule has 1 rings (SSSR count). The predicted octanol–water partition coefficient (Wildman–Crippen LogP) is 2.54. The zero-order chi connectivity index (χ0) is 14.4. The molecule has 1 amide bonds. The fraction of sp³-hybridized carbons (Fsp3) is 0.467. The van der Waals surface area contributed by atoms with Crippen molar-refractivity contribution in [1.82, 2.24) is 5.32 Å². The van der Waals surface area contributed by atoms with Crippen LogP contribution in [-0.2, 0) is 16.1 Å². The molecule has 0 saturated carbocycles. The van der Waals surface area contributed by atoms with Gasteiger partial charge < -0.3 is 10.4 Å². The van der Waals surface area contributed by atoms with Gasteiger partial charge in [0, 0.05) is 13.0 Å². The number of hydrogen-bond donors (Lipinski definition) is 2. The van der Waals surface area contributed by atoms with Crippen molar-refractivity contribution in [3.05, 3.63) is 35.4 Å². The highest BCUT2D eigenvalue weighted by Crippen LogP contribution is 2.14. The van der Waals surface area contributed by atoms with Gasteiger partial charge >= 0.3 is 5.97 Å². The van der Waals surface area contributed by atoms with Crippen LogP contribution in [0.15, 0.2) is 24.3 Å². The molecule has 4 nitrogen and oxygen atoms in total. The first-order valence-corrected chi connectivity index (χ1v) is 6.48. The van der Waals surface area contributed by atoms with Gasteiger partial charge in [-0.15, -0.1) is 0 Å². The van der Waals surface area contributed by atoms with Gasteiger partial charge in [-0.05, 0) is 17.0 Å². The van der Waals surface area contributed by atoms with Crippen LogP contribution in [0.3, 0.4) is 0 Å². The molecule has 0 spiro atoms. The number of amides is 1. The average molecular weight is 263 g/mol. The standard InChI is InChI=1S/C15H21NO3/c1-10(2)13-6-4-12(5-7-13)9-16-14(17)8-11(3)15(18)19/h4-7,10-11H,8-9H2,1-3H3,(H,16,17)(H,18,19). The maximum atomic E-state index is 11.5. The summed E-state index contributed by atoms with van der Waals surface area (Å²) in [5.74, 6) is -1.34. The zero-order valence-electron chi connectivity index (χ0n) is 11.6. The third-order valence-corrected chi connectivity index (χ3v) is 3.05. The molecule has 0 aliphatic rings. The smallest absolute Gasteiger partial charge is 0.306 e. The molecule has 0 aliphatic heterocycles. The highest BCUT2D eigenvalue weighted by atomic mass is 16.4. The van der Waals surface area contributed by atoms with Crippen molar-refractivity contribution in [3.8, 4) is 0 Å². The number of benzene rings is 1. The van der Waals surface area contributed by atoms with Gasteiger partial charge in [0.05, 0.1) is 5.92 Å². The van der Waals surface area contributed by atoms with Gasteiger partial charge in [0.15, 0.2) is 0 Å². The second-order valence-electron chi connectivity index (χ2n) is 5.12. The van der Waals surface area contributed by atoms with E-state index < -0.39 is 11.9 Å². The van der Waals surface area contributed by atoms with Gasteiger partial charge in [0.2, 0.25) is 5.91 Å². The van der Waals surface area contributed by atoms with Crippen LogP contribution in [0, 0.1) is 5.92 Å². The highest BCUT2D eigenvalue weighted by Gasteiger charge is 2.15. The number of carbonyl (C=O) groups is 2. The van der Waals surface area contributed by atoms with E-state index in [-0.39, 0.29) is 12.3 Å². The lowest BCUT2D eigenvalue weighted by atomic mass is 10.0. The maximum absolute atomic E-state index is 11.5. The van der Waals surface area contributed by atoms with E-state index in [2.05, 4.69) is 19.2 Å². The van der Waals surface area contributed by atoms with Gasteiger partial charge in [-0.1, -0.05) is 45.0 Å². The van der Waals surface area contributed by atoms with E-state index in [1.165, 1.54) is 12.5 Å². The largest absolute Gasteiger partial charge is 0.481 e. The Labute approximate surface area is 113 Å². The van der Waals surface area contributed by atoms with E-state index in [9.17, 15) is 9.59 Å². The Morgan fingerprint density at radius 1 is 1.16 bits per heavy atom. The van der Waals surface area contributed by atoms with Gasteiger partial charge in [-0.2, -0.15) is 0 Å². The Balaban J connectivity index is 2.44. The number of carboxylic acid groups (broad SMARTS) is 1. The third kappa shape index (κ3) is 5.12. The fourth-order valence-corrected chi connectivity index (χ4v) is 1.66. The molecular formula is C15H21NO3. The lowest BCUT2D eigenvalue weighted by molar-refractivity contribution is -0.143. The second-order valence-corrected chi connectivity index (χ2v) is 5.12. The van der Waals surface area contributed by atoms with E-state index >= 15 is 0 Å². The molecule has 4 heteroatoms. The van der Waals surface area contributed by atoms with Gasteiger partial charge in [0.1, 0.15) is 0 Å². The summed E-state index contributed by atoms with van der Waals surface area (Å²) in [4.78, 5) is 22.2. The number of aliphatic carboxylic acids is 1. The molecule has 0 fully saturated rings. The molecule has 1 aromatic carbocycles. The summed E-state index contributed by atoms with van der Waals surface area (Å²) in [5.41, 5.74) is 2.27. The van der Waals surface area contributed by atoms with E-state index in [0.29, 0.717) is 12.5 Å². The van der Waals surface area contributed by atoms with Crippen LogP contribution in [-0.4, -0.2) is 17.0 Å². The Morgan fingerprint density at radius 2 is 1.74 bits per heavy atom. The molecule has 1 atom stereocenters. The Bertz CT molecular complexity index is 437. The monoisotopic (exact) mass is 263 g/mol. The van der Waals surface area contributed by atoms with E-state index in [1.54, 1.807) is 0 Å². The molecule has 0 radical (unpaired) electrons. The van der Waals surface area contributed by atoms with Crippen molar-refractivity contribution in [1.29, 1.82) is 0 Å². The van der Waals surface area contributed by atoms with Crippen LogP contribution in [0.5, 0.6) is 0 Å². The van der Waals surface area contributed by atoms with Crippen molar-refractivity contribution in [2.24, 2.45) is 5.92 Å². The van der Waals surface area contributed by atoms with Crippen LogP contribution in [0.4, 0.5) is 0 Å². The SMILES string of the molecule is CC(CC(=O)NCc1ccc(C(C)C)cc1)C(=O)O. The van der Waals surface area contributed by atoms with Crippen LogP contribution < -0.4 is 5.32 Å². The first kappa shape index (κ1) is 15.2. The van der Waals surface area contributed by atoms with Gasteiger partial charge in [-0.25, -0.2) is 0 Å². The molecule has 0 bridgehead atoms. The highest BCUT2D eigenvalue weighted by molar-refractivity contribution is 5.81. The molecule has 2 N–H and O–H groups in total. The summed E-state index contributed by atoms with van der Waals surface area (Å²) in [5, 5.41) is 11.4. The van der Waals surface area contributed by atoms with Gasteiger partial charge in [-0.3, -0.25) is 9.59 Å². The summed E-state index contributed by atoms with van der Waals surface area (Å²) < 4.78 is 0. The molecule has 0 aromatic heterocycles. The zero-order valence-corrected chi connectivity index (χ0v) is 11.6. The minimum Gasteiger partial charge on any atom is -0.481 e. The first-order valence-electron chi connectivity index (χ1n) is 6.48. The number of rotatable bonds is 6. The van der Waals surface area contributed by atoms with Crippen molar-refractivity contribution in [3.63, 3.8) is 0 Å². The molecule has 0 heterocycles. The molecule has 1 unspecified atom stereocenters. The van der Waals surface area contributed by atoms with Crippen LogP contribution in [0.2, 0.25) is 0 Å². The Hall–Kier alpha value is -1.84. The topological polar surface area (TPSA) is 66.4 Å². The van der Waals surface area contributed by atoms with Crippen molar-refractivity contribution in [2.45, 2.75) is 39.7 Å². The first-order chi connectivity index (χ1) is 8.90. The fourth-order valence-electron chi connectivity index (χ4n) is 1.66. The van der Waals surface area contributed by atoms with Crippen LogP contribution in [0.1, 0.15) is 44.2 Å². The molecule has 104 valence electrons. The van der Waals surface area contributed by atoms with Gasteiger partial charge in [0.25, 0.3) is 0 Å². The predicted molar refractivity (Wildman–Crippen MR) is 73.8 cm³/mol. The third-order valence-electron chi connectivity index (χ3n) is 3.05. The minimum atomic E-state index is -0.948. The quantitative estimate of drug-likeness (QED) is 0.828. The van der Waals surface area contributed by atoms with E-state index in [4.69, 9.17) is 5.11 Å². The summed E-state index contributed by atoms with van der Waals surface area (Å²) in [6.07, 6.45) is 0.0133. The summed E-state index contributed by atoms with van der Waals surface area (Å²) in [6, 6.07) is 8.06. The molecule has 1 aromatic rings. The molecule has 0 saturated heterocycles. The molecule has 19 heavy (non-hydrogen) atoms. The second kappa shape index (κ2) is 6.92. The maximum Gasteiger partial charge on any atom is 0.306 e. The van der Waals surface area contributed by atoms with E-state index in [0.717, 1.165) is 5.56 Å². The summed E-state index contributed by atoms with van der Waals surface area (Å²) in [7, 11) is 0. The van der Waals surface area contributed by atoms with Crippen LogP contribution >= 0.6 is 0 Å². The average Bonchev–Trinajstić information content (AvgIpc) is 2.36. The van der Waals surface area contributed by atoms with Crippen molar-refractivity contribution in [2.75, 3.05) is 0 Å². The van der Waals surface area contributed by atoms with E-state index in [1.807, 2.05) is 24.3 Å². The number of nitrogens with one attached hydrogen (secondary N) is 1. The van der Waals surface area contributed by atoms with Crippen LogP contribution in [0.25, 0.3) is 0 Å². The normalized spacial score (nSPS) is 12.2. The Morgan fingerprint density at radius 3 is 2.21 bits per heavy atom. The number of carboxylic acids is 1. The number of carbonyl (C=O) groups excluding carboxylic acids is 1. The minimum absolute atomic E-state index is 0.0133. The Kier molecular flexibility index (Phi) is 5.55. The lowest BCUT2D eigenvalue weighted by Gasteiger charge is -2.09. The number of hydrogen-bond acceptors (Lipinski definition) is 2. The molecular weight excluding hydrogens is 242 g/mol. The van der Waals surface area contributed by atoms with Crippen molar-refractivity contribution < 1.29 is 14.7 Å². The lowest BCUT2D eigenvalue weighted by Crippen LogP contribution is -2.26.